The molecule has 0 amide bonds. The molecule has 0 aliphatic carbocycles. The summed E-state index contributed by atoms with van der Waals surface area (Å²) in [4.78, 5) is 0. The van der Waals surface area contributed by atoms with E-state index in [1.54, 1.807) is 7.11 Å². The third kappa shape index (κ3) is 2.89. The van der Waals surface area contributed by atoms with Crippen molar-refractivity contribution in [3.63, 3.8) is 0 Å². The standard InChI is InChI=1S/C12H16BrNO2/c1-15-11-3-2-9(13)8-12(11)16-10-4-6-14-7-5-10/h2-3,8,10,14H,4-7H2,1H3. The van der Waals surface area contributed by atoms with Crippen LogP contribution < -0.4 is 14.8 Å². The SMILES string of the molecule is COc1ccc(Br)cc1OC1CCNCC1. The summed E-state index contributed by atoms with van der Waals surface area (Å²) in [5.41, 5.74) is 0. The first-order valence-corrected chi connectivity index (χ1v) is 6.30. The van der Waals surface area contributed by atoms with Crippen LogP contribution in [0.15, 0.2) is 22.7 Å². The molecule has 1 aromatic carbocycles. The number of benzene rings is 1. The van der Waals surface area contributed by atoms with Crippen molar-refractivity contribution in [2.75, 3.05) is 20.2 Å². The molecule has 1 saturated heterocycles. The lowest BCUT2D eigenvalue weighted by molar-refractivity contribution is 0.156. The van der Waals surface area contributed by atoms with E-state index < -0.39 is 0 Å². The second-order valence-electron chi connectivity index (χ2n) is 3.86. The van der Waals surface area contributed by atoms with Crippen molar-refractivity contribution < 1.29 is 9.47 Å². The minimum Gasteiger partial charge on any atom is -0.493 e. The normalized spacial score (nSPS) is 17.1. The van der Waals surface area contributed by atoms with E-state index in [0.717, 1.165) is 41.9 Å². The van der Waals surface area contributed by atoms with Gasteiger partial charge in [-0.1, -0.05) is 15.9 Å². The van der Waals surface area contributed by atoms with Crippen LogP contribution in [0.3, 0.4) is 0 Å². The summed E-state index contributed by atoms with van der Waals surface area (Å²) in [7, 11) is 1.67. The third-order valence-corrected chi connectivity index (χ3v) is 3.20. The zero-order chi connectivity index (χ0) is 11.4. The van der Waals surface area contributed by atoms with Gasteiger partial charge in [0.2, 0.25) is 0 Å². The topological polar surface area (TPSA) is 30.5 Å². The molecule has 16 heavy (non-hydrogen) atoms. The van der Waals surface area contributed by atoms with E-state index in [1.807, 2.05) is 18.2 Å². The average Bonchev–Trinajstić information content (AvgIpc) is 2.31. The summed E-state index contributed by atoms with van der Waals surface area (Å²) in [5, 5.41) is 3.32. The molecule has 4 heteroatoms. The van der Waals surface area contributed by atoms with Gasteiger partial charge < -0.3 is 14.8 Å². The van der Waals surface area contributed by atoms with Crippen LogP contribution in [0.5, 0.6) is 11.5 Å². The zero-order valence-corrected chi connectivity index (χ0v) is 10.9. The van der Waals surface area contributed by atoms with E-state index in [0.29, 0.717) is 6.10 Å². The predicted molar refractivity (Wildman–Crippen MR) is 67.2 cm³/mol. The van der Waals surface area contributed by atoms with Gasteiger partial charge in [-0.05, 0) is 44.1 Å². The lowest BCUT2D eigenvalue weighted by Gasteiger charge is -2.24. The second-order valence-corrected chi connectivity index (χ2v) is 4.78. The highest BCUT2D eigenvalue weighted by molar-refractivity contribution is 9.10. The largest absolute Gasteiger partial charge is 0.493 e. The minimum atomic E-state index is 0.296. The summed E-state index contributed by atoms with van der Waals surface area (Å²) in [5.74, 6) is 1.62. The maximum atomic E-state index is 5.96. The lowest BCUT2D eigenvalue weighted by Crippen LogP contribution is -2.34. The lowest BCUT2D eigenvalue weighted by atomic mass is 10.1. The summed E-state index contributed by atoms with van der Waals surface area (Å²) in [6.45, 7) is 2.06. The molecule has 1 aliphatic rings. The van der Waals surface area contributed by atoms with Crippen LogP contribution in [-0.2, 0) is 0 Å². The molecule has 0 unspecified atom stereocenters. The molecule has 0 saturated carbocycles. The maximum absolute atomic E-state index is 5.96. The van der Waals surface area contributed by atoms with Crippen molar-refractivity contribution in [2.24, 2.45) is 0 Å². The minimum absolute atomic E-state index is 0.296. The number of halogens is 1. The molecule has 1 fully saturated rings. The first kappa shape index (κ1) is 11.7. The number of methoxy groups -OCH3 is 1. The summed E-state index contributed by atoms with van der Waals surface area (Å²) >= 11 is 3.44. The van der Waals surface area contributed by atoms with Crippen molar-refractivity contribution in [1.29, 1.82) is 0 Å². The highest BCUT2D eigenvalue weighted by Gasteiger charge is 2.16. The monoisotopic (exact) mass is 285 g/mol. The van der Waals surface area contributed by atoms with Crippen LogP contribution in [-0.4, -0.2) is 26.3 Å². The van der Waals surface area contributed by atoms with Gasteiger partial charge in [-0.3, -0.25) is 0 Å². The van der Waals surface area contributed by atoms with E-state index in [9.17, 15) is 0 Å². The fourth-order valence-corrected chi connectivity index (χ4v) is 2.18. The van der Waals surface area contributed by atoms with Gasteiger partial charge >= 0.3 is 0 Å². The summed E-state index contributed by atoms with van der Waals surface area (Å²) in [6.07, 6.45) is 2.40. The number of hydrogen-bond donors (Lipinski definition) is 1. The first-order valence-electron chi connectivity index (χ1n) is 5.50. The van der Waals surface area contributed by atoms with Crippen molar-refractivity contribution in [3.05, 3.63) is 22.7 Å². The Bertz CT molecular complexity index is 351. The van der Waals surface area contributed by atoms with Gasteiger partial charge in [0.05, 0.1) is 7.11 Å². The number of piperidine rings is 1. The van der Waals surface area contributed by atoms with E-state index in [2.05, 4.69) is 21.2 Å². The molecule has 1 heterocycles. The Morgan fingerprint density at radius 3 is 2.69 bits per heavy atom. The fourth-order valence-electron chi connectivity index (χ4n) is 1.84. The maximum Gasteiger partial charge on any atom is 0.162 e. The molecule has 1 aliphatic heterocycles. The van der Waals surface area contributed by atoms with E-state index >= 15 is 0 Å². The van der Waals surface area contributed by atoms with E-state index in [-0.39, 0.29) is 0 Å². The molecule has 0 bridgehead atoms. The Labute approximate surface area is 104 Å². The van der Waals surface area contributed by atoms with Gasteiger partial charge in [-0.15, -0.1) is 0 Å². The highest BCUT2D eigenvalue weighted by Crippen LogP contribution is 2.31. The fraction of sp³-hybridized carbons (Fsp3) is 0.500. The van der Waals surface area contributed by atoms with E-state index in [4.69, 9.17) is 9.47 Å². The molecule has 88 valence electrons. The third-order valence-electron chi connectivity index (χ3n) is 2.71. The molecule has 1 aromatic rings. The van der Waals surface area contributed by atoms with Crippen LogP contribution in [0.1, 0.15) is 12.8 Å². The Morgan fingerprint density at radius 2 is 2.00 bits per heavy atom. The van der Waals surface area contributed by atoms with Gasteiger partial charge in [-0.25, -0.2) is 0 Å². The molecule has 3 nitrogen and oxygen atoms in total. The second kappa shape index (κ2) is 5.55. The quantitative estimate of drug-likeness (QED) is 0.926. The molecule has 0 atom stereocenters. The van der Waals surface area contributed by atoms with Crippen LogP contribution in [0, 0.1) is 0 Å². The van der Waals surface area contributed by atoms with Crippen LogP contribution in [0.4, 0.5) is 0 Å². The zero-order valence-electron chi connectivity index (χ0n) is 9.33. The highest BCUT2D eigenvalue weighted by atomic mass is 79.9. The van der Waals surface area contributed by atoms with Crippen molar-refractivity contribution in [2.45, 2.75) is 18.9 Å². The molecule has 0 aromatic heterocycles. The summed E-state index contributed by atoms with van der Waals surface area (Å²) < 4.78 is 12.3. The predicted octanol–water partition coefficient (Wildman–Crippen LogP) is 2.59. The van der Waals surface area contributed by atoms with Crippen molar-refractivity contribution in [3.8, 4) is 11.5 Å². The Hall–Kier alpha value is -0.740. The smallest absolute Gasteiger partial charge is 0.162 e. The molecule has 1 N–H and O–H groups in total. The van der Waals surface area contributed by atoms with Crippen molar-refractivity contribution >= 4 is 15.9 Å². The average molecular weight is 286 g/mol. The van der Waals surface area contributed by atoms with Gasteiger partial charge in [0.1, 0.15) is 6.10 Å². The van der Waals surface area contributed by atoms with Gasteiger partial charge in [-0.2, -0.15) is 0 Å². The Morgan fingerprint density at radius 1 is 1.25 bits per heavy atom. The first-order chi connectivity index (χ1) is 7.79. The molecular weight excluding hydrogens is 270 g/mol. The number of rotatable bonds is 3. The van der Waals surface area contributed by atoms with Crippen LogP contribution in [0.25, 0.3) is 0 Å². The Kier molecular flexibility index (Phi) is 4.07. The van der Waals surface area contributed by atoms with Crippen LogP contribution in [0.2, 0.25) is 0 Å². The van der Waals surface area contributed by atoms with E-state index in [1.165, 1.54) is 0 Å². The molecule has 0 spiro atoms. The van der Waals surface area contributed by atoms with Crippen LogP contribution >= 0.6 is 15.9 Å². The van der Waals surface area contributed by atoms with Gasteiger partial charge in [0.25, 0.3) is 0 Å². The number of nitrogens with one attached hydrogen (secondary N) is 1. The number of hydrogen-bond acceptors (Lipinski definition) is 3. The van der Waals surface area contributed by atoms with Gasteiger partial charge in [0, 0.05) is 4.47 Å². The molecule has 0 radical (unpaired) electrons. The molecular formula is C12H16BrNO2. The Balaban J connectivity index is 2.09. The van der Waals surface area contributed by atoms with Gasteiger partial charge in [0.15, 0.2) is 11.5 Å². The number of ether oxygens (including phenoxy) is 2. The molecule has 2 rings (SSSR count). The van der Waals surface area contributed by atoms with Crippen molar-refractivity contribution in [1.82, 2.24) is 5.32 Å². The summed E-state index contributed by atoms with van der Waals surface area (Å²) in [6, 6.07) is 5.83.